The van der Waals surface area contributed by atoms with Gasteiger partial charge in [0.2, 0.25) is 5.91 Å². The van der Waals surface area contributed by atoms with Crippen LogP contribution in [0, 0.1) is 0 Å². The Morgan fingerprint density at radius 2 is 1.88 bits per heavy atom. The number of hydrogen-bond donors (Lipinski definition) is 1. The molecule has 2 aromatic carbocycles. The number of hydrogen-bond acceptors (Lipinski definition) is 4. The highest BCUT2D eigenvalue weighted by Gasteiger charge is 2.28. The first kappa shape index (κ1) is 16.2. The van der Waals surface area contributed by atoms with Gasteiger partial charge in [-0.25, -0.2) is 0 Å². The molecule has 0 aliphatic carbocycles. The standard InChI is InChI=1S/C20H18N4O2/c1-13-5-10-18(25)24(13)15-8-6-14(7-9-15)23-20(26)16-3-2-4-17-19(16)22-12-11-21-17/h2-4,6-9,11-13H,5,10H2,1H3,(H,23,26). The number of anilines is 2. The third-order valence-corrected chi connectivity index (χ3v) is 4.63. The van der Waals surface area contributed by atoms with Gasteiger partial charge < -0.3 is 10.2 Å². The molecule has 1 aliphatic rings. The van der Waals surface area contributed by atoms with Gasteiger partial charge >= 0.3 is 0 Å². The van der Waals surface area contributed by atoms with Gasteiger partial charge in [0, 0.05) is 36.2 Å². The average molecular weight is 346 g/mol. The average Bonchev–Trinajstić information content (AvgIpc) is 3.00. The predicted octanol–water partition coefficient (Wildman–Crippen LogP) is 3.40. The predicted molar refractivity (Wildman–Crippen MR) is 100 cm³/mol. The highest BCUT2D eigenvalue weighted by Crippen LogP contribution is 2.27. The molecule has 1 fully saturated rings. The van der Waals surface area contributed by atoms with E-state index in [4.69, 9.17) is 0 Å². The molecule has 1 saturated heterocycles. The van der Waals surface area contributed by atoms with E-state index in [0.717, 1.165) is 12.1 Å². The maximum atomic E-state index is 12.6. The van der Waals surface area contributed by atoms with E-state index < -0.39 is 0 Å². The second kappa shape index (κ2) is 6.55. The van der Waals surface area contributed by atoms with E-state index in [1.807, 2.05) is 42.2 Å². The molecule has 1 aromatic heterocycles. The molecule has 6 nitrogen and oxygen atoms in total. The van der Waals surface area contributed by atoms with Crippen LogP contribution < -0.4 is 10.2 Å². The van der Waals surface area contributed by atoms with Crippen molar-refractivity contribution in [3.05, 3.63) is 60.4 Å². The zero-order valence-electron chi connectivity index (χ0n) is 14.3. The molecule has 4 rings (SSSR count). The molecule has 6 heteroatoms. The van der Waals surface area contributed by atoms with Crippen molar-refractivity contribution in [2.75, 3.05) is 10.2 Å². The van der Waals surface area contributed by atoms with Gasteiger partial charge in [-0.2, -0.15) is 0 Å². The monoisotopic (exact) mass is 346 g/mol. The largest absolute Gasteiger partial charge is 0.322 e. The fourth-order valence-corrected chi connectivity index (χ4v) is 3.31. The third kappa shape index (κ3) is 2.90. The Morgan fingerprint density at radius 3 is 2.62 bits per heavy atom. The van der Waals surface area contributed by atoms with Gasteiger partial charge in [0.25, 0.3) is 5.91 Å². The second-order valence-corrected chi connectivity index (χ2v) is 6.38. The molecule has 0 saturated carbocycles. The Kier molecular flexibility index (Phi) is 4.08. The van der Waals surface area contributed by atoms with Crippen LogP contribution in [0.25, 0.3) is 11.0 Å². The van der Waals surface area contributed by atoms with Crippen molar-refractivity contribution >= 4 is 34.2 Å². The minimum Gasteiger partial charge on any atom is -0.322 e. The Bertz CT molecular complexity index is 979. The first-order valence-corrected chi connectivity index (χ1v) is 8.57. The summed E-state index contributed by atoms with van der Waals surface area (Å²) in [5, 5.41) is 2.88. The Morgan fingerprint density at radius 1 is 1.12 bits per heavy atom. The number of aromatic nitrogens is 2. The summed E-state index contributed by atoms with van der Waals surface area (Å²) < 4.78 is 0. The van der Waals surface area contributed by atoms with Gasteiger partial charge in [-0.05, 0) is 49.7 Å². The molecule has 0 spiro atoms. The van der Waals surface area contributed by atoms with Crippen LogP contribution in [0.2, 0.25) is 0 Å². The zero-order valence-corrected chi connectivity index (χ0v) is 14.3. The Labute approximate surface area is 150 Å². The summed E-state index contributed by atoms with van der Waals surface area (Å²) in [6.07, 6.45) is 4.63. The number of benzene rings is 2. The van der Waals surface area contributed by atoms with Crippen molar-refractivity contribution in [1.29, 1.82) is 0 Å². The van der Waals surface area contributed by atoms with E-state index in [9.17, 15) is 9.59 Å². The van der Waals surface area contributed by atoms with E-state index in [1.165, 1.54) is 0 Å². The minimum atomic E-state index is -0.241. The van der Waals surface area contributed by atoms with Crippen molar-refractivity contribution in [1.82, 2.24) is 9.97 Å². The van der Waals surface area contributed by atoms with Crippen LogP contribution in [0.15, 0.2) is 54.9 Å². The van der Waals surface area contributed by atoms with Crippen LogP contribution >= 0.6 is 0 Å². The molecule has 1 unspecified atom stereocenters. The highest BCUT2D eigenvalue weighted by molar-refractivity contribution is 6.11. The van der Waals surface area contributed by atoms with Crippen LogP contribution in [-0.2, 0) is 4.79 Å². The summed E-state index contributed by atoms with van der Waals surface area (Å²) in [6, 6.07) is 12.9. The lowest BCUT2D eigenvalue weighted by Gasteiger charge is -2.22. The van der Waals surface area contributed by atoms with Gasteiger partial charge in [0.05, 0.1) is 11.1 Å². The number of amides is 2. The lowest BCUT2D eigenvalue weighted by Crippen LogP contribution is -2.30. The first-order valence-electron chi connectivity index (χ1n) is 8.57. The number of nitrogens with one attached hydrogen (secondary N) is 1. The van der Waals surface area contributed by atoms with E-state index >= 15 is 0 Å². The van der Waals surface area contributed by atoms with E-state index in [2.05, 4.69) is 15.3 Å². The van der Waals surface area contributed by atoms with E-state index in [-0.39, 0.29) is 17.9 Å². The number of carbonyl (C=O) groups excluding carboxylic acids is 2. The highest BCUT2D eigenvalue weighted by atomic mass is 16.2. The smallest absolute Gasteiger partial charge is 0.257 e. The number of nitrogens with zero attached hydrogens (tertiary/aromatic N) is 3. The summed E-state index contributed by atoms with van der Waals surface area (Å²) in [7, 11) is 0. The molecule has 2 heterocycles. The fourth-order valence-electron chi connectivity index (χ4n) is 3.31. The summed E-state index contributed by atoms with van der Waals surface area (Å²) in [5.74, 6) is -0.0990. The molecular formula is C20H18N4O2. The van der Waals surface area contributed by atoms with Gasteiger partial charge in [-0.15, -0.1) is 0 Å². The van der Waals surface area contributed by atoms with Crippen LogP contribution in [-0.4, -0.2) is 27.8 Å². The SMILES string of the molecule is CC1CCC(=O)N1c1ccc(NC(=O)c2cccc3nccnc23)cc1. The maximum Gasteiger partial charge on any atom is 0.257 e. The van der Waals surface area contributed by atoms with Crippen LogP contribution in [0.5, 0.6) is 0 Å². The van der Waals surface area contributed by atoms with Gasteiger partial charge in [0.1, 0.15) is 5.52 Å². The molecule has 2 amide bonds. The van der Waals surface area contributed by atoms with Crippen molar-refractivity contribution in [3.63, 3.8) is 0 Å². The molecule has 130 valence electrons. The molecular weight excluding hydrogens is 328 g/mol. The Balaban J connectivity index is 1.55. The number of rotatable bonds is 3. The molecule has 26 heavy (non-hydrogen) atoms. The number of fused-ring (bicyclic) bond motifs is 1. The van der Waals surface area contributed by atoms with E-state index in [1.54, 1.807) is 24.5 Å². The molecule has 0 radical (unpaired) electrons. The fraction of sp³-hybridized carbons (Fsp3) is 0.200. The normalized spacial score (nSPS) is 16.9. The van der Waals surface area contributed by atoms with Gasteiger partial charge in [-0.1, -0.05) is 6.07 Å². The minimum absolute atomic E-state index is 0.142. The molecule has 1 aliphatic heterocycles. The van der Waals surface area contributed by atoms with Crippen molar-refractivity contribution in [3.8, 4) is 0 Å². The lowest BCUT2D eigenvalue weighted by molar-refractivity contribution is -0.117. The van der Waals surface area contributed by atoms with E-state index in [0.29, 0.717) is 28.7 Å². The number of carbonyl (C=O) groups is 2. The van der Waals surface area contributed by atoms with Crippen LogP contribution in [0.4, 0.5) is 11.4 Å². The van der Waals surface area contributed by atoms with Crippen LogP contribution in [0.3, 0.4) is 0 Å². The summed E-state index contributed by atoms with van der Waals surface area (Å²) in [4.78, 5) is 34.9. The maximum absolute atomic E-state index is 12.6. The summed E-state index contributed by atoms with van der Waals surface area (Å²) in [5.41, 5.74) is 3.24. The van der Waals surface area contributed by atoms with Crippen LogP contribution in [0.1, 0.15) is 30.1 Å². The lowest BCUT2D eigenvalue weighted by atomic mass is 10.1. The van der Waals surface area contributed by atoms with Crippen molar-refractivity contribution in [2.24, 2.45) is 0 Å². The second-order valence-electron chi connectivity index (χ2n) is 6.38. The van der Waals surface area contributed by atoms with Gasteiger partial charge in [-0.3, -0.25) is 19.6 Å². The first-order chi connectivity index (χ1) is 12.6. The number of para-hydroxylation sites is 1. The third-order valence-electron chi connectivity index (χ3n) is 4.63. The van der Waals surface area contributed by atoms with Crippen molar-refractivity contribution < 1.29 is 9.59 Å². The summed E-state index contributed by atoms with van der Waals surface area (Å²) in [6.45, 7) is 2.04. The topological polar surface area (TPSA) is 75.2 Å². The molecule has 3 aromatic rings. The molecule has 1 N–H and O–H groups in total. The van der Waals surface area contributed by atoms with Gasteiger partial charge in [0.15, 0.2) is 0 Å². The zero-order chi connectivity index (χ0) is 18.1. The van der Waals surface area contributed by atoms with Crippen molar-refractivity contribution in [2.45, 2.75) is 25.8 Å². The summed E-state index contributed by atoms with van der Waals surface area (Å²) >= 11 is 0. The molecule has 1 atom stereocenters. The Hall–Kier alpha value is -3.28. The molecule has 0 bridgehead atoms. The quantitative estimate of drug-likeness (QED) is 0.789.